The molecule has 1 aromatic heterocycles. The first kappa shape index (κ1) is 16.0. The van der Waals surface area contributed by atoms with Crippen LogP contribution in [-0.2, 0) is 6.42 Å². The number of likely N-dealkylation sites (tertiary alicyclic amines) is 1. The number of aromatic nitrogens is 2. The summed E-state index contributed by atoms with van der Waals surface area (Å²) in [5.41, 5.74) is 3.77. The minimum atomic E-state index is 0.540. The van der Waals surface area contributed by atoms with Crippen LogP contribution in [0.2, 0.25) is 5.02 Å². The van der Waals surface area contributed by atoms with Crippen molar-refractivity contribution in [2.75, 3.05) is 32.0 Å². The van der Waals surface area contributed by atoms with Gasteiger partial charge in [0.2, 0.25) is 0 Å². The highest BCUT2D eigenvalue weighted by atomic mass is 35.5. The lowest BCUT2D eigenvalue weighted by atomic mass is 9.91. The zero-order chi connectivity index (χ0) is 16.5. The van der Waals surface area contributed by atoms with Crippen molar-refractivity contribution in [1.82, 2.24) is 14.7 Å². The zero-order valence-corrected chi connectivity index (χ0v) is 15.0. The van der Waals surface area contributed by atoms with Crippen molar-refractivity contribution in [3.8, 4) is 5.69 Å². The van der Waals surface area contributed by atoms with E-state index in [1.54, 1.807) is 0 Å². The Labute approximate surface area is 148 Å². The maximum Gasteiger partial charge on any atom is 0.133 e. The van der Waals surface area contributed by atoms with Crippen molar-refractivity contribution in [2.45, 2.75) is 38.0 Å². The molecule has 24 heavy (non-hydrogen) atoms. The summed E-state index contributed by atoms with van der Waals surface area (Å²) in [7, 11) is 2.22. The Balaban J connectivity index is 1.79. The van der Waals surface area contributed by atoms with Crippen LogP contribution in [0.4, 0.5) is 5.82 Å². The van der Waals surface area contributed by atoms with Gasteiger partial charge in [-0.25, -0.2) is 4.68 Å². The third-order valence-electron chi connectivity index (χ3n) is 5.22. The molecule has 2 aromatic rings. The molecule has 0 spiro atoms. The fourth-order valence-electron chi connectivity index (χ4n) is 4.04. The number of benzene rings is 1. The first-order valence-corrected chi connectivity index (χ1v) is 9.40. The van der Waals surface area contributed by atoms with Crippen LogP contribution in [0.1, 0.15) is 42.9 Å². The quantitative estimate of drug-likeness (QED) is 0.891. The fourth-order valence-corrected chi connectivity index (χ4v) is 4.23. The Bertz CT molecular complexity index is 724. The van der Waals surface area contributed by atoms with Gasteiger partial charge < -0.3 is 10.2 Å². The van der Waals surface area contributed by atoms with E-state index in [1.807, 2.05) is 18.2 Å². The summed E-state index contributed by atoms with van der Waals surface area (Å²) in [6, 6.07) is 7.99. The number of rotatable bonds is 2. The highest BCUT2D eigenvalue weighted by molar-refractivity contribution is 6.30. The lowest BCUT2D eigenvalue weighted by Gasteiger charge is -2.29. The third kappa shape index (κ3) is 3.05. The highest BCUT2D eigenvalue weighted by Gasteiger charge is 2.28. The van der Waals surface area contributed by atoms with Crippen LogP contribution >= 0.6 is 11.6 Å². The van der Waals surface area contributed by atoms with Crippen LogP contribution in [0.5, 0.6) is 0 Å². The molecule has 5 heteroatoms. The predicted molar refractivity (Wildman–Crippen MR) is 99.5 cm³/mol. The lowest BCUT2D eigenvalue weighted by Crippen LogP contribution is -2.31. The Morgan fingerprint density at radius 1 is 1.25 bits per heavy atom. The first-order chi connectivity index (χ1) is 11.7. The van der Waals surface area contributed by atoms with Crippen LogP contribution in [0.3, 0.4) is 0 Å². The Kier molecular flexibility index (Phi) is 4.51. The molecule has 128 valence electrons. The molecule has 1 atom stereocenters. The summed E-state index contributed by atoms with van der Waals surface area (Å²) in [6.07, 6.45) is 6.07. The van der Waals surface area contributed by atoms with E-state index in [2.05, 4.69) is 28.0 Å². The molecule has 1 unspecified atom stereocenters. The molecule has 3 heterocycles. The minimum Gasteiger partial charge on any atom is -0.370 e. The van der Waals surface area contributed by atoms with Gasteiger partial charge in [0.25, 0.3) is 0 Å². The van der Waals surface area contributed by atoms with Gasteiger partial charge in [-0.2, -0.15) is 5.10 Å². The molecule has 4 nitrogen and oxygen atoms in total. The van der Waals surface area contributed by atoms with Crippen molar-refractivity contribution in [3.05, 3.63) is 40.5 Å². The molecule has 1 N–H and O–H groups in total. The summed E-state index contributed by atoms with van der Waals surface area (Å²) in [4.78, 5) is 2.43. The number of hydrogen-bond acceptors (Lipinski definition) is 3. The maximum absolute atomic E-state index is 6.22. The van der Waals surface area contributed by atoms with Gasteiger partial charge in [-0.15, -0.1) is 0 Å². The van der Waals surface area contributed by atoms with Crippen LogP contribution in [0.15, 0.2) is 24.3 Å². The summed E-state index contributed by atoms with van der Waals surface area (Å²) >= 11 is 6.22. The van der Waals surface area contributed by atoms with Crippen molar-refractivity contribution in [1.29, 1.82) is 0 Å². The van der Waals surface area contributed by atoms with E-state index in [-0.39, 0.29) is 0 Å². The maximum atomic E-state index is 6.22. The molecular formula is C19H25ClN4. The van der Waals surface area contributed by atoms with Crippen molar-refractivity contribution in [3.63, 3.8) is 0 Å². The standard InChI is InChI=1S/C19H25ClN4/c1-23-11-5-6-14(13-23)18-17-9-2-3-10-21-19(17)24(22-18)16-8-4-7-15(20)12-16/h4,7-8,12,14,21H,2-3,5-6,9-11,13H2,1H3. The van der Waals surface area contributed by atoms with Crippen LogP contribution in [0.25, 0.3) is 5.69 Å². The molecule has 0 aliphatic carbocycles. The molecule has 0 amide bonds. The number of halogens is 1. The largest absolute Gasteiger partial charge is 0.370 e. The van der Waals surface area contributed by atoms with E-state index in [4.69, 9.17) is 16.7 Å². The number of fused-ring (bicyclic) bond motifs is 1. The molecule has 2 aliphatic rings. The molecule has 1 saturated heterocycles. The van der Waals surface area contributed by atoms with E-state index in [0.717, 1.165) is 30.2 Å². The zero-order valence-electron chi connectivity index (χ0n) is 14.3. The molecule has 2 aliphatic heterocycles. The summed E-state index contributed by atoms with van der Waals surface area (Å²) in [6.45, 7) is 3.33. The van der Waals surface area contributed by atoms with Crippen LogP contribution < -0.4 is 5.32 Å². The second-order valence-corrected chi connectivity index (χ2v) is 7.53. The number of anilines is 1. The van der Waals surface area contributed by atoms with E-state index in [0.29, 0.717) is 5.92 Å². The Hall–Kier alpha value is -1.52. The van der Waals surface area contributed by atoms with Gasteiger partial charge in [-0.3, -0.25) is 0 Å². The van der Waals surface area contributed by atoms with Gasteiger partial charge in [-0.1, -0.05) is 17.7 Å². The second-order valence-electron chi connectivity index (χ2n) is 7.09. The van der Waals surface area contributed by atoms with Crippen molar-refractivity contribution >= 4 is 17.4 Å². The van der Waals surface area contributed by atoms with E-state index >= 15 is 0 Å². The van der Waals surface area contributed by atoms with E-state index < -0.39 is 0 Å². The lowest BCUT2D eigenvalue weighted by molar-refractivity contribution is 0.247. The molecular weight excluding hydrogens is 320 g/mol. The average Bonchev–Trinajstić information content (AvgIpc) is 2.76. The first-order valence-electron chi connectivity index (χ1n) is 9.02. The molecule has 4 rings (SSSR count). The van der Waals surface area contributed by atoms with E-state index in [1.165, 1.54) is 49.3 Å². The number of likely N-dealkylation sites (N-methyl/N-ethyl adjacent to an activating group) is 1. The average molecular weight is 345 g/mol. The molecule has 1 fully saturated rings. The topological polar surface area (TPSA) is 33.1 Å². The summed E-state index contributed by atoms with van der Waals surface area (Å²) in [5, 5.41) is 9.45. The SMILES string of the molecule is CN1CCCC(c2nn(-c3cccc(Cl)c3)c3c2CCCCN3)C1. The van der Waals surface area contributed by atoms with Crippen molar-refractivity contribution < 1.29 is 0 Å². The normalized spacial score (nSPS) is 21.8. The monoisotopic (exact) mass is 344 g/mol. The van der Waals surface area contributed by atoms with Crippen LogP contribution in [0, 0.1) is 0 Å². The number of hydrogen-bond donors (Lipinski definition) is 1. The Morgan fingerprint density at radius 2 is 2.17 bits per heavy atom. The molecule has 1 aromatic carbocycles. The number of nitrogens with one attached hydrogen (secondary N) is 1. The smallest absolute Gasteiger partial charge is 0.133 e. The summed E-state index contributed by atoms with van der Waals surface area (Å²) < 4.78 is 2.08. The van der Waals surface area contributed by atoms with Gasteiger partial charge in [0.15, 0.2) is 0 Å². The Morgan fingerprint density at radius 3 is 3.00 bits per heavy atom. The second kappa shape index (κ2) is 6.77. The third-order valence-corrected chi connectivity index (χ3v) is 5.46. The van der Waals surface area contributed by atoms with Gasteiger partial charge >= 0.3 is 0 Å². The summed E-state index contributed by atoms with van der Waals surface area (Å²) in [5.74, 6) is 1.72. The van der Waals surface area contributed by atoms with Crippen LogP contribution in [-0.4, -0.2) is 41.4 Å². The minimum absolute atomic E-state index is 0.540. The van der Waals surface area contributed by atoms with Crippen molar-refractivity contribution in [2.24, 2.45) is 0 Å². The molecule has 0 radical (unpaired) electrons. The predicted octanol–water partition coefficient (Wildman–Crippen LogP) is 4.08. The number of piperidine rings is 1. The van der Waals surface area contributed by atoms with E-state index in [9.17, 15) is 0 Å². The van der Waals surface area contributed by atoms with Gasteiger partial charge in [0.1, 0.15) is 5.82 Å². The number of nitrogens with zero attached hydrogens (tertiary/aromatic N) is 3. The van der Waals surface area contributed by atoms with Gasteiger partial charge in [0.05, 0.1) is 11.4 Å². The molecule has 0 saturated carbocycles. The van der Waals surface area contributed by atoms with Gasteiger partial charge in [-0.05, 0) is 63.9 Å². The fraction of sp³-hybridized carbons (Fsp3) is 0.526. The molecule has 0 bridgehead atoms. The highest BCUT2D eigenvalue weighted by Crippen LogP contribution is 2.35. The van der Waals surface area contributed by atoms with Gasteiger partial charge in [0, 0.05) is 29.6 Å².